The van der Waals surface area contributed by atoms with E-state index < -0.39 is 36.0 Å². The summed E-state index contributed by atoms with van der Waals surface area (Å²) in [4.78, 5) is 3.20. The molecule has 0 saturated carbocycles. The van der Waals surface area contributed by atoms with E-state index in [2.05, 4.69) is 4.98 Å². The number of anilines is 2. The Bertz CT molecular complexity index is 378. The average Bonchev–Trinajstić information content (AvgIpc) is 2.15. The van der Waals surface area contributed by atoms with Crippen molar-refractivity contribution in [2.24, 2.45) is 5.84 Å². The summed E-state index contributed by atoms with van der Waals surface area (Å²) in [5, 5.41) is 1.68. The van der Waals surface area contributed by atoms with Gasteiger partial charge in [0.2, 0.25) is 0 Å². The summed E-state index contributed by atoms with van der Waals surface area (Å²) in [6, 6.07) is 0.376. The molecule has 0 saturated heterocycles. The zero-order valence-electron chi connectivity index (χ0n) is 7.70. The monoisotopic (exact) mass is 242 g/mol. The van der Waals surface area contributed by atoms with Crippen molar-refractivity contribution in [2.45, 2.75) is 6.18 Å². The van der Waals surface area contributed by atoms with Crippen molar-refractivity contribution in [3.63, 3.8) is 0 Å². The number of aromatic nitrogens is 1. The fourth-order valence-corrected chi connectivity index (χ4v) is 0.876. The molecular formula is C7H7F5N4. The summed E-state index contributed by atoms with van der Waals surface area (Å²) < 4.78 is 61.2. The van der Waals surface area contributed by atoms with Gasteiger partial charge in [0.25, 0.3) is 0 Å². The van der Waals surface area contributed by atoms with Gasteiger partial charge in [-0.3, -0.25) is 0 Å². The Balaban J connectivity index is 2.88. The minimum absolute atomic E-state index is 0.376. The lowest BCUT2D eigenvalue weighted by molar-refractivity contribution is -0.115. The second kappa shape index (κ2) is 4.47. The Morgan fingerprint density at radius 2 is 1.75 bits per heavy atom. The molecule has 0 aliphatic carbocycles. The van der Waals surface area contributed by atoms with Gasteiger partial charge in [-0.1, -0.05) is 0 Å². The number of nitrogen functional groups attached to an aromatic ring is 1. The first-order valence-corrected chi connectivity index (χ1v) is 3.97. The number of rotatable bonds is 3. The van der Waals surface area contributed by atoms with Crippen molar-refractivity contribution in [1.82, 2.24) is 4.98 Å². The van der Waals surface area contributed by atoms with Crippen molar-refractivity contribution in [3.05, 3.63) is 17.7 Å². The van der Waals surface area contributed by atoms with Crippen molar-refractivity contribution in [3.8, 4) is 0 Å². The zero-order valence-corrected chi connectivity index (χ0v) is 7.70. The van der Waals surface area contributed by atoms with E-state index in [-0.39, 0.29) is 0 Å². The fraction of sp³-hybridized carbons (Fsp3) is 0.286. The van der Waals surface area contributed by atoms with Gasteiger partial charge in [0.05, 0.1) is 0 Å². The largest absolute Gasteiger partial charge is 0.405 e. The second-order valence-corrected chi connectivity index (χ2v) is 2.76. The molecule has 9 heteroatoms. The molecule has 0 aliphatic rings. The summed E-state index contributed by atoms with van der Waals surface area (Å²) in [5.74, 6) is 1.21. The van der Waals surface area contributed by atoms with Crippen LogP contribution in [0.4, 0.5) is 33.6 Å². The minimum Gasteiger partial charge on any atom is -0.359 e. The van der Waals surface area contributed by atoms with Crippen molar-refractivity contribution in [1.29, 1.82) is 0 Å². The van der Waals surface area contributed by atoms with Gasteiger partial charge in [-0.2, -0.15) is 13.2 Å². The molecule has 0 unspecified atom stereocenters. The first-order valence-electron chi connectivity index (χ1n) is 3.97. The molecule has 90 valence electrons. The number of nitrogens with one attached hydrogen (secondary N) is 2. The van der Waals surface area contributed by atoms with E-state index in [0.29, 0.717) is 6.07 Å². The lowest BCUT2D eigenvalue weighted by atomic mass is 10.4. The van der Waals surface area contributed by atoms with Gasteiger partial charge in [0.15, 0.2) is 23.3 Å². The first-order chi connectivity index (χ1) is 7.33. The minimum atomic E-state index is -4.53. The molecule has 0 spiro atoms. The molecule has 1 aromatic heterocycles. The third kappa shape index (κ3) is 3.19. The van der Waals surface area contributed by atoms with Gasteiger partial charge < -0.3 is 10.7 Å². The van der Waals surface area contributed by atoms with Crippen LogP contribution in [0.5, 0.6) is 0 Å². The highest BCUT2D eigenvalue weighted by molar-refractivity contribution is 5.46. The Morgan fingerprint density at radius 1 is 1.19 bits per heavy atom. The Hall–Kier alpha value is -1.64. The van der Waals surface area contributed by atoms with Gasteiger partial charge >= 0.3 is 6.18 Å². The van der Waals surface area contributed by atoms with Gasteiger partial charge in [-0.15, -0.1) is 0 Å². The molecule has 0 aliphatic heterocycles. The fourth-order valence-electron chi connectivity index (χ4n) is 0.876. The number of nitrogens with two attached hydrogens (primary N) is 1. The molecule has 1 heterocycles. The third-order valence-electron chi connectivity index (χ3n) is 1.52. The van der Waals surface area contributed by atoms with Crippen LogP contribution in [-0.2, 0) is 0 Å². The van der Waals surface area contributed by atoms with Crippen molar-refractivity contribution >= 4 is 11.6 Å². The number of hydrazine groups is 1. The number of hydrogen-bond donors (Lipinski definition) is 3. The molecule has 0 bridgehead atoms. The number of nitrogens with zero attached hydrogens (tertiary/aromatic N) is 1. The maximum Gasteiger partial charge on any atom is 0.405 e. The molecule has 4 N–H and O–H groups in total. The predicted octanol–water partition coefficient (Wildman–Crippen LogP) is 1.62. The molecule has 0 radical (unpaired) electrons. The van der Waals surface area contributed by atoms with Crippen LogP contribution in [0.1, 0.15) is 0 Å². The highest BCUT2D eigenvalue weighted by atomic mass is 19.4. The van der Waals surface area contributed by atoms with Crippen LogP contribution in [0.15, 0.2) is 6.07 Å². The Kier molecular flexibility index (Phi) is 3.48. The van der Waals surface area contributed by atoms with Gasteiger partial charge in [-0.05, 0) is 0 Å². The summed E-state index contributed by atoms with van der Waals surface area (Å²) in [5.41, 5.74) is 1.79. The van der Waals surface area contributed by atoms with Crippen LogP contribution in [0, 0.1) is 11.6 Å². The van der Waals surface area contributed by atoms with Gasteiger partial charge in [0, 0.05) is 6.07 Å². The molecular weight excluding hydrogens is 235 g/mol. The van der Waals surface area contributed by atoms with E-state index in [4.69, 9.17) is 5.84 Å². The second-order valence-electron chi connectivity index (χ2n) is 2.76. The van der Waals surface area contributed by atoms with Gasteiger partial charge in [0.1, 0.15) is 6.54 Å². The Morgan fingerprint density at radius 3 is 2.25 bits per heavy atom. The number of alkyl halides is 3. The molecule has 4 nitrogen and oxygen atoms in total. The van der Waals surface area contributed by atoms with Crippen LogP contribution < -0.4 is 16.6 Å². The Labute approximate surface area is 86.6 Å². The summed E-state index contributed by atoms with van der Waals surface area (Å²) in [6.07, 6.45) is -4.53. The lowest BCUT2D eigenvalue weighted by Crippen LogP contribution is -2.23. The molecule has 0 aromatic carbocycles. The van der Waals surface area contributed by atoms with Crippen LogP contribution in [0.25, 0.3) is 0 Å². The maximum atomic E-state index is 12.9. The normalized spacial score (nSPS) is 11.4. The van der Waals surface area contributed by atoms with E-state index in [1.807, 2.05) is 0 Å². The molecule has 1 rings (SSSR count). The zero-order chi connectivity index (χ0) is 12.3. The van der Waals surface area contributed by atoms with Gasteiger partial charge in [-0.25, -0.2) is 19.6 Å². The van der Waals surface area contributed by atoms with E-state index >= 15 is 0 Å². The first kappa shape index (κ1) is 12.4. The molecule has 0 amide bonds. The quantitative estimate of drug-likeness (QED) is 0.428. The van der Waals surface area contributed by atoms with E-state index in [0.717, 1.165) is 0 Å². The van der Waals surface area contributed by atoms with Crippen LogP contribution >= 0.6 is 0 Å². The molecule has 1 aromatic rings. The standard InChI is InChI=1S/C7H7F5N4/c8-3-1-4(9)6(16-13)15-5(3)14-2-7(10,11)12/h1H,2,13H2,(H2,14,15,16). The van der Waals surface area contributed by atoms with E-state index in [9.17, 15) is 22.0 Å². The van der Waals surface area contributed by atoms with E-state index in [1.54, 1.807) is 10.7 Å². The SMILES string of the molecule is NNc1nc(NCC(F)(F)F)c(F)cc1F. The smallest absolute Gasteiger partial charge is 0.359 e. The summed E-state index contributed by atoms with van der Waals surface area (Å²) in [7, 11) is 0. The average molecular weight is 242 g/mol. The highest BCUT2D eigenvalue weighted by Gasteiger charge is 2.27. The summed E-state index contributed by atoms with van der Waals surface area (Å²) >= 11 is 0. The predicted molar refractivity (Wildman–Crippen MR) is 46.5 cm³/mol. The van der Waals surface area contributed by atoms with Crippen molar-refractivity contribution < 1.29 is 22.0 Å². The highest BCUT2D eigenvalue weighted by Crippen LogP contribution is 2.20. The number of hydrogen-bond acceptors (Lipinski definition) is 4. The molecule has 16 heavy (non-hydrogen) atoms. The molecule has 0 atom stereocenters. The number of pyridine rings is 1. The molecule has 0 fully saturated rings. The lowest BCUT2D eigenvalue weighted by Gasteiger charge is -2.10. The van der Waals surface area contributed by atoms with Crippen molar-refractivity contribution in [2.75, 3.05) is 17.3 Å². The third-order valence-corrected chi connectivity index (χ3v) is 1.52. The van der Waals surface area contributed by atoms with Crippen LogP contribution in [-0.4, -0.2) is 17.7 Å². The van der Waals surface area contributed by atoms with E-state index in [1.165, 1.54) is 0 Å². The number of halogens is 5. The maximum absolute atomic E-state index is 12.9. The van der Waals surface area contributed by atoms with Crippen LogP contribution in [0.3, 0.4) is 0 Å². The summed E-state index contributed by atoms with van der Waals surface area (Å²) in [6.45, 7) is -1.48. The topological polar surface area (TPSA) is 63.0 Å². The van der Waals surface area contributed by atoms with Crippen LogP contribution in [0.2, 0.25) is 0 Å².